The smallest absolute Gasteiger partial charge is 0.319 e. The Labute approximate surface area is 196 Å². The second kappa shape index (κ2) is 10.6. The average Bonchev–Trinajstić information content (AvgIpc) is 3.22. The second-order valence-corrected chi connectivity index (χ2v) is 9.09. The van der Waals surface area contributed by atoms with Crippen molar-refractivity contribution in [2.75, 3.05) is 10.6 Å². The number of hydrogen-bond donors (Lipinski definition) is 3. The van der Waals surface area contributed by atoms with E-state index in [-0.39, 0.29) is 11.8 Å². The Bertz CT molecular complexity index is 1120. The molecular weight excluding hydrogens is 446 g/mol. The van der Waals surface area contributed by atoms with Gasteiger partial charge in [0.05, 0.1) is 0 Å². The largest absolute Gasteiger partial charge is 0.326 e. The Kier molecular flexibility index (Phi) is 7.82. The van der Waals surface area contributed by atoms with Gasteiger partial charge in [0.15, 0.2) is 0 Å². The summed E-state index contributed by atoms with van der Waals surface area (Å²) in [5, 5.41) is 18.2. The van der Waals surface area contributed by atoms with Crippen LogP contribution >= 0.6 is 22.9 Å². The number of nitrogens with one attached hydrogen (secondary N) is 3. The van der Waals surface area contributed by atoms with E-state index in [1.807, 2.05) is 58.0 Å². The number of carbonyl (C=O) groups is 2. The van der Waals surface area contributed by atoms with Gasteiger partial charge in [0, 0.05) is 16.3 Å². The summed E-state index contributed by atoms with van der Waals surface area (Å²) < 4.78 is 0. The van der Waals surface area contributed by atoms with Crippen LogP contribution in [0.4, 0.5) is 15.6 Å². The van der Waals surface area contributed by atoms with Crippen molar-refractivity contribution in [3.05, 3.63) is 58.6 Å². The Balaban J connectivity index is 1.68. The summed E-state index contributed by atoms with van der Waals surface area (Å²) in [7, 11) is 0. The van der Waals surface area contributed by atoms with E-state index in [1.54, 1.807) is 12.1 Å². The maximum Gasteiger partial charge on any atom is 0.319 e. The summed E-state index contributed by atoms with van der Waals surface area (Å²) >= 11 is 7.28. The Morgan fingerprint density at radius 3 is 2.53 bits per heavy atom. The Hall–Kier alpha value is -2.97. The van der Waals surface area contributed by atoms with Crippen LogP contribution in [0.5, 0.6) is 0 Å². The summed E-state index contributed by atoms with van der Waals surface area (Å²) in [6.45, 7) is 7.87. The number of nitrogens with zero attached hydrogens (tertiary/aromatic N) is 2. The molecule has 9 heteroatoms. The number of benzene rings is 2. The van der Waals surface area contributed by atoms with Crippen LogP contribution in [-0.2, 0) is 4.79 Å². The maximum absolute atomic E-state index is 13.0. The van der Waals surface area contributed by atoms with Crippen LogP contribution in [0.25, 0.3) is 10.6 Å². The van der Waals surface area contributed by atoms with E-state index < -0.39 is 12.1 Å². The van der Waals surface area contributed by atoms with Gasteiger partial charge in [0.25, 0.3) is 0 Å². The maximum atomic E-state index is 13.0. The fourth-order valence-corrected chi connectivity index (χ4v) is 3.96. The van der Waals surface area contributed by atoms with Crippen molar-refractivity contribution in [2.45, 2.75) is 40.2 Å². The van der Waals surface area contributed by atoms with Crippen molar-refractivity contribution < 1.29 is 9.59 Å². The van der Waals surface area contributed by atoms with Crippen LogP contribution in [0.15, 0.2) is 42.5 Å². The van der Waals surface area contributed by atoms with Crippen molar-refractivity contribution in [1.82, 2.24) is 15.5 Å². The summed E-state index contributed by atoms with van der Waals surface area (Å²) in [6.07, 6.45) is 0.714. The fraction of sp³-hybridized carbons (Fsp3) is 0.304. The highest BCUT2D eigenvalue weighted by Crippen LogP contribution is 2.28. The number of hydrogen-bond acceptors (Lipinski definition) is 5. The number of urea groups is 1. The molecule has 7 nitrogen and oxygen atoms in total. The zero-order valence-corrected chi connectivity index (χ0v) is 20.0. The van der Waals surface area contributed by atoms with E-state index in [9.17, 15) is 9.59 Å². The van der Waals surface area contributed by atoms with Crippen LogP contribution in [0.1, 0.15) is 31.4 Å². The van der Waals surface area contributed by atoms with Gasteiger partial charge in [-0.15, -0.1) is 10.2 Å². The van der Waals surface area contributed by atoms with Gasteiger partial charge in [0.1, 0.15) is 11.0 Å². The first-order valence-electron chi connectivity index (χ1n) is 10.3. The molecular formula is C23H26ClN5O2S. The molecule has 0 unspecified atom stereocenters. The molecule has 0 fully saturated rings. The van der Waals surface area contributed by atoms with Gasteiger partial charge in [-0.05, 0) is 55.2 Å². The Morgan fingerprint density at radius 1 is 1.06 bits per heavy atom. The van der Waals surface area contributed by atoms with Gasteiger partial charge in [-0.25, -0.2) is 4.79 Å². The first kappa shape index (κ1) is 23.7. The molecule has 1 heterocycles. The van der Waals surface area contributed by atoms with E-state index in [2.05, 4.69) is 26.1 Å². The average molecular weight is 472 g/mol. The topological polar surface area (TPSA) is 96.0 Å². The van der Waals surface area contributed by atoms with Crippen molar-refractivity contribution in [3.63, 3.8) is 0 Å². The number of aromatic nitrogens is 2. The normalized spacial score (nSPS) is 12.7. The standard InChI is InChI=1S/C23H26ClN5O2S/c1-5-13(2)19(26-22(31)25-18-10-9-14(3)15(4)11-18)20(30)27-23-29-28-21(32-23)16-7-6-8-17(24)12-16/h6-13,19H,5H2,1-4H3,(H2,25,26,31)(H,27,29,30)/t13-,19+/m0/s1. The van der Waals surface area contributed by atoms with Crippen LogP contribution in [0.2, 0.25) is 5.02 Å². The molecule has 168 valence electrons. The van der Waals surface area contributed by atoms with Gasteiger partial charge in [-0.3, -0.25) is 10.1 Å². The highest BCUT2D eigenvalue weighted by atomic mass is 35.5. The van der Waals surface area contributed by atoms with E-state index in [4.69, 9.17) is 11.6 Å². The third-order valence-corrected chi connectivity index (χ3v) is 6.40. The van der Waals surface area contributed by atoms with Crippen LogP contribution in [-0.4, -0.2) is 28.2 Å². The van der Waals surface area contributed by atoms with Gasteiger partial charge in [-0.2, -0.15) is 0 Å². The quantitative estimate of drug-likeness (QED) is 0.414. The minimum absolute atomic E-state index is 0.0826. The lowest BCUT2D eigenvalue weighted by Gasteiger charge is -2.23. The number of anilines is 2. The molecule has 32 heavy (non-hydrogen) atoms. The second-order valence-electron chi connectivity index (χ2n) is 7.67. The van der Waals surface area contributed by atoms with E-state index >= 15 is 0 Å². The molecule has 3 aromatic rings. The first-order valence-corrected chi connectivity index (χ1v) is 11.5. The van der Waals surface area contributed by atoms with Gasteiger partial charge >= 0.3 is 6.03 Å². The molecule has 3 rings (SSSR count). The molecule has 0 aliphatic carbocycles. The predicted octanol–water partition coefficient (Wildman–Crippen LogP) is 5.65. The molecule has 0 saturated carbocycles. The molecule has 0 aliphatic rings. The minimum Gasteiger partial charge on any atom is -0.326 e. The predicted molar refractivity (Wildman–Crippen MR) is 130 cm³/mol. The number of rotatable bonds is 7. The molecule has 0 radical (unpaired) electrons. The molecule has 2 atom stereocenters. The zero-order valence-electron chi connectivity index (χ0n) is 18.4. The summed E-state index contributed by atoms with van der Waals surface area (Å²) in [6, 6.07) is 11.8. The highest BCUT2D eigenvalue weighted by Gasteiger charge is 2.27. The van der Waals surface area contributed by atoms with E-state index in [1.165, 1.54) is 11.3 Å². The van der Waals surface area contributed by atoms with Crippen LogP contribution in [0, 0.1) is 19.8 Å². The lowest BCUT2D eigenvalue weighted by molar-refractivity contribution is -0.119. The zero-order chi connectivity index (χ0) is 23.3. The molecule has 0 bridgehead atoms. The molecule has 0 spiro atoms. The number of halogens is 1. The molecule has 3 N–H and O–H groups in total. The van der Waals surface area contributed by atoms with Gasteiger partial charge in [-0.1, -0.05) is 61.4 Å². The minimum atomic E-state index is -0.731. The molecule has 0 aliphatic heterocycles. The van der Waals surface area contributed by atoms with Crippen molar-refractivity contribution in [3.8, 4) is 10.6 Å². The summed E-state index contributed by atoms with van der Waals surface area (Å²) in [5.74, 6) is -0.427. The summed E-state index contributed by atoms with van der Waals surface area (Å²) in [5.41, 5.74) is 3.71. The number of aryl methyl sites for hydroxylation is 2. The van der Waals surface area contributed by atoms with Crippen LogP contribution in [0.3, 0.4) is 0 Å². The third-order valence-electron chi connectivity index (χ3n) is 5.27. The van der Waals surface area contributed by atoms with Crippen molar-refractivity contribution >= 4 is 45.7 Å². The lowest BCUT2D eigenvalue weighted by atomic mass is 9.98. The number of carbonyl (C=O) groups excluding carboxylic acids is 2. The van der Waals surface area contributed by atoms with Crippen molar-refractivity contribution in [2.24, 2.45) is 5.92 Å². The van der Waals surface area contributed by atoms with E-state index in [0.717, 1.165) is 16.7 Å². The highest BCUT2D eigenvalue weighted by molar-refractivity contribution is 7.18. The van der Waals surface area contributed by atoms with Crippen molar-refractivity contribution in [1.29, 1.82) is 0 Å². The van der Waals surface area contributed by atoms with Gasteiger partial charge in [0.2, 0.25) is 11.0 Å². The van der Waals surface area contributed by atoms with Crippen LogP contribution < -0.4 is 16.0 Å². The fourth-order valence-electron chi connectivity index (χ4n) is 3.02. The Morgan fingerprint density at radius 2 is 1.84 bits per heavy atom. The van der Waals surface area contributed by atoms with E-state index in [0.29, 0.717) is 27.3 Å². The molecule has 0 saturated heterocycles. The molecule has 3 amide bonds. The van der Waals surface area contributed by atoms with Gasteiger partial charge < -0.3 is 10.6 Å². The lowest BCUT2D eigenvalue weighted by Crippen LogP contribution is -2.49. The number of amides is 3. The monoisotopic (exact) mass is 471 g/mol. The molecule has 1 aromatic heterocycles. The SMILES string of the molecule is CC[C@H](C)[C@@H](NC(=O)Nc1ccc(C)c(C)c1)C(=O)Nc1nnc(-c2cccc(Cl)c2)s1. The third kappa shape index (κ3) is 6.05. The first-order chi connectivity index (χ1) is 15.3. The molecule has 2 aromatic carbocycles. The summed E-state index contributed by atoms with van der Waals surface area (Å²) in [4.78, 5) is 25.5.